The lowest BCUT2D eigenvalue weighted by Gasteiger charge is -2.16. The molecule has 2 rings (SSSR count). The van der Waals surface area contributed by atoms with Crippen LogP contribution in [0.1, 0.15) is 49.0 Å². The molecular weight excluding hydrogens is 242 g/mol. The zero-order valence-electron chi connectivity index (χ0n) is 11.1. The van der Waals surface area contributed by atoms with E-state index in [1.54, 1.807) is 11.3 Å². The molecule has 1 aromatic rings. The van der Waals surface area contributed by atoms with Gasteiger partial charge in [-0.05, 0) is 36.8 Å². The van der Waals surface area contributed by atoms with Crippen molar-refractivity contribution in [1.29, 1.82) is 0 Å². The van der Waals surface area contributed by atoms with Gasteiger partial charge in [0.2, 0.25) is 0 Å². The van der Waals surface area contributed by atoms with E-state index in [4.69, 9.17) is 5.73 Å². The molecule has 0 unspecified atom stereocenters. The molecule has 1 aliphatic rings. The first-order valence-corrected chi connectivity index (χ1v) is 7.73. The van der Waals surface area contributed by atoms with Gasteiger partial charge in [-0.25, -0.2) is 4.99 Å². The van der Waals surface area contributed by atoms with Gasteiger partial charge in [0.1, 0.15) is 0 Å². The van der Waals surface area contributed by atoms with E-state index in [1.807, 2.05) is 0 Å². The van der Waals surface area contributed by atoms with Crippen molar-refractivity contribution >= 4 is 17.3 Å². The van der Waals surface area contributed by atoms with Gasteiger partial charge >= 0.3 is 0 Å². The molecule has 1 aromatic heterocycles. The van der Waals surface area contributed by atoms with Crippen LogP contribution >= 0.6 is 11.3 Å². The predicted molar refractivity (Wildman–Crippen MR) is 79.0 cm³/mol. The Kier molecular flexibility index (Phi) is 5.05. The van der Waals surface area contributed by atoms with Crippen LogP contribution in [-0.4, -0.2) is 12.0 Å². The van der Waals surface area contributed by atoms with Crippen LogP contribution in [0.5, 0.6) is 0 Å². The lowest BCUT2D eigenvalue weighted by Crippen LogP contribution is -2.39. The molecule has 1 heterocycles. The number of aliphatic imine (C=N–C) groups is 1. The number of aryl methyl sites for hydroxylation is 1. The van der Waals surface area contributed by atoms with Crippen molar-refractivity contribution in [3.8, 4) is 0 Å². The van der Waals surface area contributed by atoms with Gasteiger partial charge < -0.3 is 11.1 Å². The molecule has 0 aromatic carbocycles. The highest BCUT2D eigenvalue weighted by Crippen LogP contribution is 2.18. The molecule has 18 heavy (non-hydrogen) atoms. The number of guanidine groups is 1. The minimum atomic E-state index is 0.528. The van der Waals surface area contributed by atoms with Crippen molar-refractivity contribution < 1.29 is 0 Å². The Hall–Kier alpha value is -1.03. The fraction of sp³-hybridized carbons (Fsp3) is 0.643. The van der Waals surface area contributed by atoms with Crippen molar-refractivity contribution in [3.05, 3.63) is 21.9 Å². The maximum atomic E-state index is 5.97. The van der Waals surface area contributed by atoms with Crippen molar-refractivity contribution in [2.24, 2.45) is 10.7 Å². The first-order valence-electron chi connectivity index (χ1n) is 6.85. The van der Waals surface area contributed by atoms with Gasteiger partial charge in [0, 0.05) is 10.9 Å². The second-order valence-corrected chi connectivity index (χ2v) is 6.06. The summed E-state index contributed by atoms with van der Waals surface area (Å²) in [6.07, 6.45) is 7.82. The number of nitrogens with zero attached hydrogens (tertiary/aromatic N) is 1. The summed E-state index contributed by atoms with van der Waals surface area (Å²) >= 11 is 1.75. The first-order chi connectivity index (χ1) is 8.75. The topological polar surface area (TPSA) is 50.4 Å². The van der Waals surface area contributed by atoms with E-state index in [9.17, 15) is 0 Å². The average Bonchev–Trinajstić information content (AvgIpc) is 2.61. The molecule has 0 spiro atoms. The van der Waals surface area contributed by atoms with Crippen LogP contribution in [-0.2, 0) is 6.54 Å². The Labute approximate surface area is 114 Å². The zero-order valence-corrected chi connectivity index (χ0v) is 11.9. The van der Waals surface area contributed by atoms with E-state index in [2.05, 4.69) is 28.7 Å². The van der Waals surface area contributed by atoms with E-state index >= 15 is 0 Å². The standard InChI is InChI=1S/C14H23N3S/c1-11-8-9-18-13(11)10-16-14(15)17-12-6-4-2-3-5-7-12/h8-9,12H,2-7,10H2,1H3,(H3,15,16,17). The summed E-state index contributed by atoms with van der Waals surface area (Å²) in [6.45, 7) is 2.82. The third kappa shape index (κ3) is 4.02. The van der Waals surface area contributed by atoms with Crippen molar-refractivity contribution in [1.82, 2.24) is 5.32 Å². The van der Waals surface area contributed by atoms with Gasteiger partial charge in [-0.3, -0.25) is 0 Å². The number of nitrogens with one attached hydrogen (secondary N) is 1. The quantitative estimate of drug-likeness (QED) is 0.501. The molecule has 4 heteroatoms. The van der Waals surface area contributed by atoms with Crippen LogP contribution in [0.25, 0.3) is 0 Å². The fourth-order valence-corrected chi connectivity index (χ4v) is 3.23. The van der Waals surface area contributed by atoms with Crippen molar-refractivity contribution in [2.45, 2.75) is 58.0 Å². The van der Waals surface area contributed by atoms with Gasteiger partial charge in [0.25, 0.3) is 0 Å². The molecule has 0 atom stereocenters. The largest absolute Gasteiger partial charge is 0.370 e. The molecule has 100 valence electrons. The number of hydrogen-bond donors (Lipinski definition) is 2. The highest BCUT2D eigenvalue weighted by molar-refractivity contribution is 7.10. The lowest BCUT2D eigenvalue weighted by molar-refractivity contribution is 0.530. The molecule has 0 saturated heterocycles. The number of thiophene rings is 1. The van der Waals surface area contributed by atoms with Gasteiger partial charge in [0.15, 0.2) is 5.96 Å². The van der Waals surface area contributed by atoms with E-state index in [0.717, 1.165) is 0 Å². The summed E-state index contributed by atoms with van der Waals surface area (Å²) in [5, 5.41) is 5.48. The van der Waals surface area contributed by atoms with E-state index < -0.39 is 0 Å². The molecular formula is C14H23N3S. The van der Waals surface area contributed by atoms with Crippen LogP contribution in [0.3, 0.4) is 0 Å². The molecule has 3 nitrogen and oxygen atoms in total. The summed E-state index contributed by atoms with van der Waals surface area (Å²) < 4.78 is 0. The third-order valence-electron chi connectivity index (χ3n) is 3.57. The molecule has 3 N–H and O–H groups in total. The Bertz CT molecular complexity index is 389. The smallest absolute Gasteiger partial charge is 0.189 e. The number of nitrogens with two attached hydrogens (primary N) is 1. The van der Waals surface area contributed by atoms with Gasteiger partial charge in [0.05, 0.1) is 6.54 Å². The molecule has 1 fully saturated rings. The van der Waals surface area contributed by atoms with Crippen LogP contribution in [0.4, 0.5) is 0 Å². The minimum Gasteiger partial charge on any atom is -0.370 e. The number of hydrogen-bond acceptors (Lipinski definition) is 2. The maximum Gasteiger partial charge on any atom is 0.189 e. The second-order valence-electron chi connectivity index (χ2n) is 5.06. The molecule has 0 aliphatic heterocycles. The lowest BCUT2D eigenvalue weighted by atomic mass is 10.1. The molecule has 1 aliphatic carbocycles. The van der Waals surface area contributed by atoms with Gasteiger partial charge in [-0.2, -0.15) is 0 Å². The Balaban J connectivity index is 1.83. The summed E-state index contributed by atoms with van der Waals surface area (Å²) in [7, 11) is 0. The van der Waals surface area contributed by atoms with Crippen LogP contribution in [0.15, 0.2) is 16.4 Å². The van der Waals surface area contributed by atoms with Crippen LogP contribution in [0, 0.1) is 6.92 Å². The van der Waals surface area contributed by atoms with Gasteiger partial charge in [-0.1, -0.05) is 25.7 Å². The van der Waals surface area contributed by atoms with Crippen molar-refractivity contribution in [3.63, 3.8) is 0 Å². The summed E-state index contributed by atoms with van der Waals surface area (Å²) in [5.41, 5.74) is 7.28. The average molecular weight is 265 g/mol. The maximum absolute atomic E-state index is 5.97. The first kappa shape index (κ1) is 13.4. The summed E-state index contributed by atoms with van der Waals surface area (Å²) in [6, 6.07) is 2.66. The molecule has 1 saturated carbocycles. The van der Waals surface area contributed by atoms with E-state index in [-0.39, 0.29) is 0 Å². The Morgan fingerprint density at radius 1 is 1.39 bits per heavy atom. The fourth-order valence-electron chi connectivity index (χ4n) is 2.40. The third-order valence-corrected chi connectivity index (χ3v) is 4.58. The number of rotatable bonds is 3. The monoisotopic (exact) mass is 265 g/mol. The van der Waals surface area contributed by atoms with Crippen LogP contribution in [0.2, 0.25) is 0 Å². The van der Waals surface area contributed by atoms with Crippen LogP contribution < -0.4 is 11.1 Å². The van der Waals surface area contributed by atoms with E-state index in [1.165, 1.54) is 49.0 Å². The predicted octanol–water partition coefficient (Wildman–Crippen LogP) is 3.18. The Morgan fingerprint density at radius 3 is 2.72 bits per heavy atom. The summed E-state index contributed by atoms with van der Waals surface area (Å²) in [4.78, 5) is 5.75. The summed E-state index contributed by atoms with van der Waals surface area (Å²) in [5.74, 6) is 0.606. The Morgan fingerprint density at radius 2 is 2.11 bits per heavy atom. The highest BCUT2D eigenvalue weighted by Gasteiger charge is 2.12. The second kappa shape index (κ2) is 6.78. The normalized spacial score (nSPS) is 18.6. The van der Waals surface area contributed by atoms with E-state index in [0.29, 0.717) is 18.5 Å². The zero-order chi connectivity index (χ0) is 12.8. The molecule has 0 amide bonds. The van der Waals surface area contributed by atoms with Gasteiger partial charge in [-0.15, -0.1) is 11.3 Å². The minimum absolute atomic E-state index is 0.528. The molecule has 0 bridgehead atoms. The molecule has 0 radical (unpaired) electrons. The van der Waals surface area contributed by atoms with Crippen molar-refractivity contribution in [2.75, 3.05) is 0 Å². The highest BCUT2D eigenvalue weighted by atomic mass is 32.1. The SMILES string of the molecule is Cc1ccsc1CN=C(N)NC1CCCCCC1.